The zero-order chi connectivity index (χ0) is 13.7. The van der Waals surface area contributed by atoms with Gasteiger partial charge in [0.2, 0.25) is 0 Å². The molecule has 2 aromatic rings. The number of carbonyl (C=O) groups excluding carboxylic acids is 1. The predicted molar refractivity (Wildman–Crippen MR) is 72.5 cm³/mol. The Morgan fingerprint density at radius 1 is 1.26 bits per heavy atom. The summed E-state index contributed by atoms with van der Waals surface area (Å²) in [6.45, 7) is 0.211. The van der Waals surface area contributed by atoms with E-state index in [4.69, 9.17) is 32.4 Å². The first-order chi connectivity index (χ1) is 9.13. The van der Waals surface area contributed by atoms with Gasteiger partial charge in [0.15, 0.2) is 6.61 Å². The molecule has 0 aliphatic rings. The van der Waals surface area contributed by atoms with Crippen LogP contribution in [0.2, 0.25) is 10.0 Å². The van der Waals surface area contributed by atoms with Gasteiger partial charge < -0.3 is 14.5 Å². The summed E-state index contributed by atoms with van der Waals surface area (Å²) in [6, 6.07) is 8.30. The smallest absolute Gasteiger partial charge is 0.258 e. The van der Waals surface area contributed by atoms with Crippen molar-refractivity contribution in [1.82, 2.24) is 5.32 Å². The first-order valence-electron chi connectivity index (χ1n) is 5.51. The van der Waals surface area contributed by atoms with Crippen molar-refractivity contribution in [1.29, 1.82) is 0 Å². The molecule has 1 aromatic heterocycles. The molecule has 0 bridgehead atoms. The fourth-order valence-corrected chi connectivity index (χ4v) is 1.92. The average Bonchev–Trinajstić information content (AvgIpc) is 2.86. The van der Waals surface area contributed by atoms with Crippen LogP contribution in [0.15, 0.2) is 41.0 Å². The first-order valence-corrected chi connectivity index (χ1v) is 6.27. The highest BCUT2D eigenvalue weighted by Crippen LogP contribution is 2.23. The standard InChI is InChI=1S/C13H11Cl2NO3/c14-9-4-10(15)6-12(5-9)19-8-13(17)16-7-11-2-1-3-18-11/h1-6H,7-8H2,(H,16,17). The third-order valence-electron chi connectivity index (χ3n) is 2.25. The van der Waals surface area contributed by atoms with Crippen LogP contribution in [0.3, 0.4) is 0 Å². The van der Waals surface area contributed by atoms with Crippen LogP contribution in [0.25, 0.3) is 0 Å². The van der Waals surface area contributed by atoms with Crippen LogP contribution in [0.5, 0.6) is 5.75 Å². The molecule has 0 unspecified atom stereocenters. The summed E-state index contributed by atoms with van der Waals surface area (Å²) < 4.78 is 10.4. The maximum absolute atomic E-state index is 11.5. The van der Waals surface area contributed by atoms with Crippen molar-refractivity contribution in [3.05, 3.63) is 52.4 Å². The van der Waals surface area contributed by atoms with Gasteiger partial charge in [0.25, 0.3) is 5.91 Å². The molecule has 0 spiro atoms. The van der Waals surface area contributed by atoms with E-state index in [9.17, 15) is 4.79 Å². The Hall–Kier alpha value is -1.65. The van der Waals surface area contributed by atoms with E-state index < -0.39 is 0 Å². The van der Waals surface area contributed by atoms with E-state index in [2.05, 4.69) is 5.32 Å². The molecule has 0 aliphatic heterocycles. The fraction of sp³-hybridized carbons (Fsp3) is 0.154. The van der Waals surface area contributed by atoms with E-state index in [-0.39, 0.29) is 12.5 Å². The number of hydrogen-bond acceptors (Lipinski definition) is 3. The minimum atomic E-state index is -0.257. The third-order valence-corrected chi connectivity index (χ3v) is 2.68. The van der Waals surface area contributed by atoms with Crippen molar-refractivity contribution >= 4 is 29.1 Å². The van der Waals surface area contributed by atoms with E-state index in [0.717, 1.165) is 0 Å². The van der Waals surface area contributed by atoms with Crippen molar-refractivity contribution < 1.29 is 13.9 Å². The molecule has 1 amide bonds. The van der Waals surface area contributed by atoms with Crippen LogP contribution in [-0.2, 0) is 11.3 Å². The number of hydrogen-bond donors (Lipinski definition) is 1. The maximum atomic E-state index is 11.5. The first kappa shape index (κ1) is 13.8. The monoisotopic (exact) mass is 299 g/mol. The third kappa shape index (κ3) is 4.50. The number of nitrogens with one attached hydrogen (secondary N) is 1. The molecular weight excluding hydrogens is 289 g/mol. The maximum Gasteiger partial charge on any atom is 0.258 e. The summed E-state index contributed by atoms with van der Waals surface area (Å²) in [6.07, 6.45) is 1.55. The summed E-state index contributed by atoms with van der Waals surface area (Å²) in [4.78, 5) is 11.5. The second kappa shape index (κ2) is 6.50. The van der Waals surface area contributed by atoms with Gasteiger partial charge in [0.1, 0.15) is 11.5 Å². The van der Waals surface area contributed by atoms with E-state index in [1.807, 2.05) is 0 Å². The predicted octanol–water partition coefficient (Wildman–Crippen LogP) is 3.28. The van der Waals surface area contributed by atoms with Crippen LogP contribution >= 0.6 is 23.2 Å². The SMILES string of the molecule is O=C(COc1cc(Cl)cc(Cl)c1)NCc1ccco1. The molecule has 0 radical (unpaired) electrons. The zero-order valence-electron chi connectivity index (χ0n) is 9.86. The van der Waals surface area contributed by atoms with Crippen LogP contribution in [0, 0.1) is 0 Å². The number of carbonyl (C=O) groups is 1. The van der Waals surface area contributed by atoms with Crippen LogP contribution < -0.4 is 10.1 Å². The van der Waals surface area contributed by atoms with Gasteiger partial charge in [-0.3, -0.25) is 4.79 Å². The van der Waals surface area contributed by atoms with Gasteiger partial charge in [-0.15, -0.1) is 0 Å². The molecule has 6 heteroatoms. The molecule has 0 aliphatic carbocycles. The van der Waals surface area contributed by atoms with E-state index in [1.54, 1.807) is 36.6 Å². The molecule has 19 heavy (non-hydrogen) atoms. The van der Waals surface area contributed by atoms with Crippen molar-refractivity contribution in [2.24, 2.45) is 0 Å². The molecule has 1 aromatic carbocycles. The summed E-state index contributed by atoms with van der Waals surface area (Å²) in [5, 5.41) is 3.57. The number of rotatable bonds is 5. The molecule has 0 fully saturated rings. The molecule has 4 nitrogen and oxygen atoms in total. The van der Waals surface area contributed by atoms with Gasteiger partial charge in [0.05, 0.1) is 12.8 Å². The molecule has 0 saturated carbocycles. The Bertz CT molecular complexity index is 535. The van der Waals surface area contributed by atoms with Crippen LogP contribution in [0.4, 0.5) is 0 Å². The second-order valence-corrected chi connectivity index (χ2v) is 4.62. The molecule has 0 atom stereocenters. The quantitative estimate of drug-likeness (QED) is 0.922. The summed E-state index contributed by atoms with van der Waals surface area (Å²) in [7, 11) is 0. The minimum Gasteiger partial charge on any atom is -0.484 e. The molecule has 1 heterocycles. The van der Waals surface area contributed by atoms with Gasteiger partial charge in [0, 0.05) is 10.0 Å². The lowest BCUT2D eigenvalue weighted by atomic mass is 10.3. The van der Waals surface area contributed by atoms with Crippen LogP contribution in [0.1, 0.15) is 5.76 Å². The van der Waals surface area contributed by atoms with E-state index in [0.29, 0.717) is 28.1 Å². The molecule has 0 saturated heterocycles. The Kier molecular flexibility index (Phi) is 4.71. The highest BCUT2D eigenvalue weighted by atomic mass is 35.5. The highest BCUT2D eigenvalue weighted by molar-refractivity contribution is 6.34. The molecule has 100 valence electrons. The molecule has 1 N–H and O–H groups in total. The van der Waals surface area contributed by atoms with Crippen molar-refractivity contribution in [2.45, 2.75) is 6.54 Å². The summed E-state index contributed by atoms with van der Waals surface area (Å²) in [5.74, 6) is 0.872. The van der Waals surface area contributed by atoms with E-state index >= 15 is 0 Å². The average molecular weight is 300 g/mol. The van der Waals surface area contributed by atoms with Crippen molar-refractivity contribution in [2.75, 3.05) is 6.61 Å². The van der Waals surface area contributed by atoms with Crippen molar-refractivity contribution in [3.8, 4) is 5.75 Å². The number of amides is 1. The Labute approximate surface area is 120 Å². The topological polar surface area (TPSA) is 51.5 Å². The highest BCUT2D eigenvalue weighted by Gasteiger charge is 2.05. The summed E-state index contributed by atoms with van der Waals surface area (Å²) >= 11 is 11.6. The van der Waals surface area contributed by atoms with Gasteiger partial charge in [-0.2, -0.15) is 0 Å². The number of ether oxygens (including phenoxy) is 1. The lowest BCUT2D eigenvalue weighted by Crippen LogP contribution is -2.28. The number of furan rings is 1. The number of halogens is 2. The Balaban J connectivity index is 1.79. The Morgan fingerprint density at radius 3 is 2.63 bits per heavy atom. The lowest BCUT2D eigenvalue weighted by Gasteiger charge is -2.07. The number of benzene rings is 1. The molecule has 2 rings (SSSR count). The zero-order valence-corrected chi connectivity index (χ0v) is 11.4. The van der Waals surface area contributed by atoms with Gasteiger partial charge >= 0.3 is 0 Å². The Morgan fingerprint density at radius 2 is 2.00 bits per heavy atom. The summed E-state index contributed by atoms with van der Waals surface area (Å²) in [5.41, 5.74) is 0. The fourth-order valence-electron chi connectivity index (χ4n) is 1.41. The van der Waals surface area contributed by atoms with Gasteiger partial charge in [-0.1, -0.05) is 23.2 Å². The largest absolute Gasteiger partial charge is 0.484 e. The molecular formula is C13H11Cl2NO3. The van der Waals surface area contributed by atoms with Crippen LogP contribution in [-0.4, -0.2) is 12.5 Å². The van der Waals surface area contributed by atoms with Crippen molar-refractivity contribution in [3.63, 3.8) is 0 Å². The lowest BCUT2D eigenvalue weighted by molar-refractivity contribution is -0.123. The van der Waals surface area contributed by atoms with E-state index in [1.165, 1.54) is 0 Å². The minimum absolute atomic E-state index is 0.114. The van der Waals surface area contributed by atoms with Gasteiger partial charge in [-0.25, -0.2) is 0 Å². The van der Waals surface area contributed by atoms with Gasteiger partial charge in [-0.05, 0) is 30.3 Å². The second-order valence-electron chi connectivity index (χ2n) is 3.75. The normalized spacial score (nSPS) is 10.2.